The highest BCUT2D eigenvalue weighted by Gasteiger charge is 2.36. The number of thioether (sulfide) groups is 1. The maximum Gasteiger partial charge on any atom is 0.408 e. The molecule has 2 atom stereocenters. The van der Waals surface area contributed by atoms with E-state index < -0.39 is 23.8 Å². The van der Waals surface area contributed by atoms with Crippen molar-refractivity contribution < 1.29 is 19.1 Å². The molecular formula is C34H49N3O4S. The van der Waals surface area contributed by atoms with E-state index in [0.717, 1.165) is 43.2 Å². The molecule has 0 saturated carbocycles. The standard InChI is InChI=1S/C34H49N3O4S/c1-7-9-10-11-15-22-37(32(39)29(21-23-42-6)36-33(40)41-34(3,4)5)30(28-20-16-19-26(8-2)24-28)31(38)35-25-27-17-13-12-14-18-27/h8,12-14,16-20,24,29-30H,2,7,9-11,15,21-23,25H2,1,3-6H3,(H,35,38)(H,36,40). The molecule has 2 unspecified atom stereocenters. The summed E-state index contributed by atoms with van der Waals surface area (Å²) in [6.45, 7) is 12.1. The molecule has 0 heterocycles. The van der Waals surface area contributed by atoms with Crippen LogP contribution in [0.1, 0.15) is 89.0 Å². The van der Waals surface area contributed by atoms with Crippen LogP contribution in [0.4, 0.5) is 4.79 Å². The highest BCUT2D eigenvalue weighted by molar-refractivity contribution is 7.98. The molecule has 0 aliphatic rings. The van der Waals surface area contributed by atoms with Crippen molar-refractivity contribution in [2.24, 2.45) is 0 Å². The van der Waals surface area contributed by atoms with E-state index in [4.69, 9.17) is 4.74 Å². The largest absolute Gasteiger partial charge is 0.444 e. The van der Waals surface area contributed by atoms with Gasteiger partial charge < -0.3 is 20.3 Å². The minimum Gasteiger partial charge on any atom is -0.444 e. The normalized spacial score (nSPS) is 12.6. The lowest BCUT2D eigenvalue weighted by Gasteiger charge is -2.35. The Balaban J connectivity index is 2.49. The molecule has 0 saturated heterocycles. The number of hydrogen-bond acceptors (Lipinski definition) is 5. The third kappa shape index (κ3) is 12.3. The summed E-state index contributed by atoms with van der Waals surface area (Å²) in [6.07, 6.45) is 8.42. The molecule has 0 bridgehead atoms. The van der Waals surface area contributed by atoms with E-state index in [0.29, 0.717) is 30.8 Å². The lowest BCUT2D eigenvalue weighted by molar-refractivity contribution is -0.142. The Hall–Kier alpha value is -3.26. The number of nitrogens with zero attached hydrogens (tertiary/aromatic N) is 1. The molecule has 3 amide bonds. The number of amides is 3. The molecule has 7 nitrogen and oxygen atoms in total. The van der Waals surface area contributed by atoms with Gasteiger partial charge in [-0.3, -0.25) is 9.59 Å². The van der Waals surface area contributed by atoms with Crippen LogP contribution in [0.15, 0.2) is 61.2 Å². The van der Waals surface area contributed by atoms with Crippen LogP contribution in [0.3, 0.4) is 0 Å². The smallest absolute Gasteiger partial charge is 0.408 e. The molecule has 0 radical (unpaired) electrons. The minimum atomic E-state index is -0.885. The van der Waals surface area contributed by atoms with Gasteiger partial charge in [-0.15, -0.1) is 0 Å². The molecule has 0 aromatic heterocycles. The van der Waals surface area contributed by atoms with Crippen LogP contribution in [0.25, 0.3) is 6.08 Å². The van der Waals surface area contributed by atoms with Crippen LogP contribution in [-0.2, 0) is 20.9 Å². The molecule has 0 aliphatic carbocycles. The van der Waals surface area contributed by atoms with Crippen LogP contribution in [0.2, 0.25) is 0 Å². The first kappa shape index (κ1) is 34.9. The SMILES string of the molecule is C=Cc1cccc(C(C(=O)NCc2ccccc2)N(CCCCCCC)C(=O)C(CCSC)NC(=O)OC(C)(C)C)c1. The topological polar surface area (TPSA) is 87.7 Å². The molecule has 2 aromatic carbocycles. The Morgan fingerprint density at radius 3 is 2.38 bits per heavy atom. The second-order valence-electron chi connectivity index (χ2n) is 11.4. The summed E-state index contributed by atoms with van der Waals surface area (Å²) < 4.78 is 5.50. The number of ether oxygens (including phenoxy) is 1. The Morgan fingerprint density at radius 1 is 1.02 bits per heavy atom. The van der Waals surface area contributed by atoms with Crippen LogP contribution < -0.4 is 10.6 Å². The van der Waals surface area contributed by atoms with Crippen LogP contribution >= 0.6 is 11.8 Å². The molecule has 0 spiro atoms. The second-order valence-corrected chi connectivity index (χ2v) is 12.4. The molecule has 2 N–H and O–H groups in total. The number of unbranched alkanes of at least 4 members (excludes halogenated alkanes) is 4. The second kappa shape index (κ2) is 18.3. The summed E-state index contributed by atoms with van der Waals surface area (Å²) in [6, 6.07) is 15.5. The van der Waals surface area contributed by atoms with Crippen molar-refractivity contribution in [3.63, 3.8) is 0 Å². The maximum absolute atomic E-state index is 14.4. The van der Waals surface area contributed by atoms with E-state index in [1.807, 2.05) is 60.9 Å². The number of carbonyl (C=O) groups excluding carboxylic acids is 3. The van der Waals surface area contributed by atoms with Gasteiger partial charge in [0.25, 0.3) is 0 Å². The Kier molecular flexibility index (Phi) is 15.2. The molecular weight excluding hydrogens is 546 g/mol. The van der Waals surface area contributed by atoms with E-state index in [-0.39, 0.29) is 11.8 Å². The molecule has 2 rings (SSSR count). The van der Waals surface area contributed by atoms with Crippen molar-refractivity contribution in [1.82, 2.24) is 15.5 Å². The summed E-state index contributed by atoms with van der Waals surface area (Å²) in [5.74, 6) is 0.0880. The third-order valence-electron chi connectivity index (χ3n) is 6.72. The average Bonchev–Trinajstić information content (AvgIpc) is 2.96. The molecule has 230 valence electrons. The number of benzene rings is 2. The van der Waals surface area contributed by atoms with Crippen molar-refractivity contribution in [2.75, 3.05) is 18.6 Å². The summed E-state index contributed by atoms with van der Waals surface area (Å²) in [7, 11) is 0. The molecule has 8 heteroatoms. The van der Waals surface area contributed by atoms with Gasteiger partial charge in [-0.1, -0.05) is 93.8 Å². The third-order valence-corrected chi connectivity index (χ3v) is 7.36. The maximum atomic E-state index is 14.4. The highest BCUT2D eigenvalue weighted by atomic mass is 32.2. The van der Waals surface area contributed by atoms with Gasteiger partial charge in [0, 0.05) is 13.1 Å². The van der Waals surface area contributed by atoms with E-state index in [1.54, 1.807) is 43.5 Å². The fraction of sp³-hybridized carbons (Fsp3) is 0.500. The summed E-state index contributed by atoms with van der Waals surface area (Å²) in [5.41, 5.74) is 1.81. The average molecular weight is 596 g/mol. The van der Waals surface area contributed by atoms with Crippen molar-refractivity contribution in [2.45, 2.75) is 90.4 Å². The van der Waals surface area contributed by atoms with Crippen molar-refractivity contribution in [3.8, 4) is 0 Å². The van der Waals surface area contributed by atoms with Gasteiger partial charge in [-0.25, -0.2) is 4.79 Å². The van der Waals surface area contributed by atoms with E-state index >= 15 is 0 Å². The Labute approximate surface area is 256 Å². The quantitative estimate of drug-likeness (QED) is 0.190. The molecule has 0 aliphatic heterocycles. The van der Waals surface area contributed by atoms with Gasteiger partial charge in [0.15, 0.2) is 0 Å². The van der Waals surface area contributed by atoms with E-state index in [1.165, 1.54) is 0 Å². The lowest BCUT2D eigenvalue weighted by Crippen LogP contribution is -2.53. The van der Waals surface area contributed by atoms with Crippen LogP contribution in [-0.4, -0.2) is 53.0 Å². The first-order valence-corrected chi connectivity index (χ1v) is 16.3. The predicted octanol–water partition coefficient (Wildman–Crippen LogP) is 7.13. The first-order chi connectivity index (χ1) is 20.1. The predicted molar refractivity (Wildman–Crippen MR) is 174 cm³/mol. The highest BCUT2D eigenvalue weighted by Crippen LogP contribution is 2.26. The fourth-order valence-corrected chi connectivity index (χ4v) is 5.08. The summed E-state index contributed by atoms with van der Waals surface area (Å²) in [4.78, 5) is 42.8. The van der Waals surface area contributed by atoms with E-state index in [2.05, 4.69) is 24.1 Å². The van der Waals surface area contributed by atoms with Gasteiger partial charge in [-0.2, -0.15) is 11.8 Å². The number of rotatable bonds is 17. The number of hydrogen-bond donors (Lipinski definition) is 2. The van der Waals surface area contributed by atoms with Gasteiger partial charge in [0.1, 0.15) is 17.7 Å². The van der Waals surface area contributed by atoms with Gasteiger partial charge in [0.2, 0.25) is 11.8 Å². The zero-order valence-electron chi connectivity index (χ0n) is 26.0. The summed E-state index contributed by atoms with van der Waals surface area (Å²) in [5, 5.41) is 5.87. The number of alkyl carbamates (subject to hydrolysis) is 1. The first-order valence-electron chi connectivity index (χ1n) is 14.9. The number of carbonyl (C=O) groups is 3. The minimum absolute atomic E-state index is 0.275. The monoisotopic (exact) mass is 595 g/mol. The van der Waals surface area contributed by atoms with E-state index in [9.17, 15) is 14.4 Å². The zero-order valence-corrected chi connectivity index (χ0v) is 26.8. The summed E-state index contributed by atoms with van der Waals surface area (Å²) >= 11 is 1.59. The van der Waals surface area contributed by atoms with Gasteiger partial charge in [0.05, 0.1) is 0 Å². The van der Waals surface area contributed by atoms with Crippen LogP contribution in [0, 0.1) is 0 Å². The van der Waals surface area contributed by atoms with Crippen molar-refractivity contribution >= 4 is 35.7 Å². The molecule has 2 aromatic rings. The molecule has 42 heavy (non-hydrogen) atoms. The van der Waals surface area contributed by atoms with Crippen molar-refractivity contribution in [1.29, 1.82) is 0 Å². The fourth-order valence-electron chi connectivity index (χ4n) is 4.61. The van der Waals surface area contributed by atoms with Crippen molar-refractivity contribution in [3.05, 3.63) is 77.9 Å². The lowest BCUT2D eigenvalue weighted by atomic mass is 9.99. The zero-order chi connectivity index (χ0) is 31.0. The van der Waals surface area contributed by atoms with Gasteiger partial charge in [-0.05, 0) is 68.4 Å². The Morgan fingerprint density at radius 2 is 1.74 bits per heavy atom. The molecule has 0 fully saturated rings. The van der Waals surface area contributed by atoms with Gasteiger partial charge >= 0.3 is 6.09 Å². The Bertz CT molecular complexity index is 1130. The van der Waals surface area contributed by atoms with Crippen LogP contribution in [0.5, 0.6) is 0 Å². The number of nitrogens with one attached hydrogen (secondary N) is 2.